The van der Waals surface area contributed by atoms with E-state index >= 15 is 0 Å². The van der Waals surface area contributed by atoms with Crippen LogP contribution in [0.3, 0.4) is 0 Å². The number of carbonyl (C=O) groups excluding carboxylic acids is 1. The molecule has 0 radical (unpaired) electrons. The largest absolute Gasteiger partial charge is 0.342 e. The molecule has 28 heavy (non-hydrogen) atoms. The molecule has 158 valence electrons. The molecule has 1 amide bonds. The van der Waals surface area contributed by atoms with Crippen molar-refractivity contribution in [1.82, 2.24) is 4.90 Å². The van der Waals surface area contributed by atoms with E-state index in [2.05, 4.69) is 31.9 Å². The summed E-state index contributed by atoms with van der Waals surface area (Å²) >= 11 is 0. The van der Waals surface area contributed by atoms with Gasteiger partial charge in [0.05, 0.1) is 0 Å². The van der Waals surface area contributed by atoms with Crippen LogP contribution in [0.5, 0.6) is 0 Å². The summed E-state index contributed by atoms with van der Waals surface area (Å²) in [5, 5.41) is 0. The van der Waals surface area contributed by atoms with Gasteiger partial charge >= 0.3 is 0 Å². The molecule has 8 atom stereocenters. The summed E-state index contributed by atoms with van der Waals surface area (Å²) in [6.07, 6.45) is 15.2. The first-order valence-electron chi connectivity index (χ1n) is 12.4. The molecule has 2 nitrogen and oxygen atoms in total. The maximum atomic E-state index is 13.3. The number of amides is 1. The van der Waals surface area contributed by atoms with Gasteiger partial charge < -0.3 is 4.90 Å². The minimum absolute atomic E-state index is 0.315. The Hall–Kier alpha value is -0.790. The molecule has 5 aliphatic rings. The monoisotopic (exact) mass is 385 g/mol. The highest BCUT2D eigenvalue weighted by atomic mass is 16.2. The Morgan fingerprint density at radius 3 is 2.36 bits per heavy atom. The Labute approximate surface area is 173 Å². The average Bonchev–Trinajstić information content (AvgIpc) is 3.36. The standard InChI is InChI=1S/C24H39NO.C2H4/c1-16-5-7-18-17(15-16)6-8-20-19(18)11-12-24(2)21(20)9-10-22(24)23(26)25-13-3-4-14-25;1-2/h16-22H,3-15H2,1-2H3;1-2H2. The summed E-state index contributed by atoms with van der Waals surface area (Å²) in [6, 6.07) is 0. The van der Waals surface area contributed by atoms with Crippen molar-refractivity contribution >= 4 is 5.91 Å². The van der Waals surface area contributed by atoms with Crippen molar-refractivity contribution in [3.05, 3.63) is 13.2 Å². The van der Waals surface area contributed by atoms with Crippen LogP contribution >= 0.6 is 0 Å². The minimum Gasteiger partial charge on any atom is -0.342 e. The van der Waals surface area contributed by atoms with Crippen LogP contribution in [0.4, 0.5) is 0 Å². The van der Waals surface area contributed by atoms with Crippen molar-refractivity contribution in [3.8, 4) is 0 Å². The Morgan fingerprint density at radius 1 is 0.893 bits per heavy atom. The molecular formula is C26H43NO. The molecule has 2 heteroatoms. The highest BCUT2D eigenvalue weighted by Crippen LogP contribution is 2.64. The van der Waals surface area contributed by atoms with E-state index in [9.17, 15) is 4.79 Å². The molecule has 5 fully saturated rings. The van der Waals surface area contributed by atoms with Crippen molar-refractivity contribution in [2.24, 2.45) is 46.8 Å². The lowest BCUT2D eigenvalue weighted by Crippen LogP contribution is -2.50. The van der Waals surface area contributed by atoms with E-state index in [0.717, 1.165) is 48.6 Å². The fourth-order valence-electron chi connectivity index (χ4n) is 8.65. The smallest absolute Gasteiger partial charge is 0.226 e. The molecule has 1 saturated heterocycles. The third-order valence-corrected chi connectivity index (χ3v) is 9.93. The Balaban J connectivity index is 0.000000932. The summed E-state index contributed by atoms with van der Waals surface area (Å²) in [6.45, 7) is 13.1. The molecule has 1 heterocycles. The van der Waals surface area contributed by atoms with Gasteiger partial charge in [-0.05, 0) is 105 Å². The van der Waals surface area contributed by atoms with Crippen molar-refractivity contribution < 1.29 is 4.79 Å². The van der Waals surface area contributed by atoms with Crippen LogP contribution in [-0.2, 0) is 4.79 Å². The summed E-state index contributed by atoms with van der Waals surface area (Å²) in [7, 11) is 0. The predicted octanol–water partition coefficient (Wildman–Crippen LogP) is 6.32. The van der Waals surface area contributed by atoms with E-state index in [1.165, 1.54) is 70.6 Å². The van der Waals surface area contributed by atoms with Crippen molar-refractivity contribution in [2.75, 3.05) is 13.1 Å². The van der Waals surface area contributed by atoms with Crippen LogP contribution in [0, 0.1) is 46.8 Å². The Bertz CT molecular complexity index is 567. The van der Waals surface area contributed by atoms with Gasteiger partial charge in [-0.25, -0.2) is 0 Å². The van der Waals surface area contributed by atoms with Crippen LogP contribution in [0.1, 0.15) is 84.5 Å². The molecule has 0 spiro atoms. The fraction of sp³-hybridized carbons (Fsp3) is 0.885. The SMILES string of the molecule is C=C.CC1CCC2C(CCC3C2CCC2(C)C(C(=O)N4CCCC4)CCC32)C1. The zero-order chi connectivity index (χ0) is 19.9. The van der Waals surface area contributed by atoms with Gasteiger partial charge in [0.25, 0.3) is 0 Å². The van der Waals surface area contributed by atoms with Gasteiger partial charge in [-0.15, -0.1) is 13.2 Å². The third kappa shape index (κ3) is 3.27. The van der Waals surface area contributed by atoms with Crippen LogP contribution in [0.25, 0.3) is 0 Å². The number of hydrogen-bond donors (Lipinski definition) is 0. The highest BCUT2D eigenvalue weighted by molar-refractivity contribution is 5.80. The van der Waals surface area contributed by atoms with Gasteiger partial charge in [-0.1, -0.05) is 20.3 Å². The van der Waals surface area contributed by atoms with Crippen molar-refractivity contribution in [3.63, 3.8) is 0 Å². The lowest BCUT2D eigenvalue weighted by Gasteiger charge is -2.56. The van der Waals surface area contributed by atoms with Gasteiger partial charge in [0.1, 0.15) is 0 Å². The first kappa shape index (κ1) is 20.5. The number of likely N-dealkylation sites (tertiary alicyclic amines) is 1. The number of rotatable bonds is 1. The molecule has 0 aromatic carbocycles. The van der Waals surface area contributed by atoms with E-state index in [0.29, 0.717) is 17.2 Å². The van der Waals surface area contributed by atoms with Gasteiger partial charge in [0, 0.05) is 19.0 Å². The summed E-state index contributed by atoms with van der Waals surface area (Å²) in [4.78, 5) is 15.5. The first-order valence-corrected chi connectivity index (χ1v) is 12.4. The second-order valence-corrected chi connectivity index (χ2v) is 11.1. The molecule has 0 aromatic heterocycles. The molecule has 1 aliphatic heterocycles. The lowest BCUT2D eigenvalue weighted by molar-refractivity contribution is -0.142. The molecule has 4 saturated carbocycles. The Morgan fingerprint density at radius 2 is 1.61 bits per heavy atom. The Kier molecular flexibility index (Phi) is 5.96. The molecule has 0 N–H and O–H groups in total. The van der Waals surface area contributed by atoms with Gasteiger partial charge in [-0.2, -0.15) is 0 Å². The van der Waals surface area contributed by atoms with Crippen molar-refractivity contribution in [2.45, 2.75) is 84.5 Å². The van der Waals surface area contributed by atoms with Crippen LogP contribution < -0.4 is 0 Å². The second kappa shape index (κ2) is 8.15. The fourth-order valence-corrected chi connectivity index (χ4v) is 8.65. The zero-order valence-corrected chi connectivity index (χ0v) is 18.5. The molecule has 0 aromatic rings. The topological polar surface area (TPSA) is 20.3 Å². The van der Waals surface area contributed by atoms with Gasteiger partial charge in [0.2, 0.25) is 5.91 Å². The molecule has 0 bridgehead atoms. The summed E-state index contributed by atoms with van der Waals surface area (Å²) in [5.41, 5.74) is 0.315. The predicted molar refractivity (Wildman–Crippen MR) is 117 cm³/mol. The first-order chi connectivity index (χ1) is 13.6. The lowest BCUT2D eigenvalue weighted by atomic mass is 9.49. The normalized spacial score (nSPS) is 47.4. The number of hydrogen-bond acceptors (Lipinski definition) is 1. The molecule has 5 rings (SSSR count). The van der Waals surface area contributed by atoms with E-state index in [1.54, 1.807) is 0 Å². The quantitative estimate of drug-likeness (QED) is 0.484. The molecule has 8 unspecified atom stereocenters. The zero-order valence-electron chi connectivity index (χ0n) is 18.5. The van der Waals surface area contributed by atoms with E-state index in [1.807, 2.05) is 0 Å². The minimum atomic E-state index is 0.315. The van der Waals surface area contributed by atoms with Crippen molar-refractivity contribution in [1.29, 1.82) is 0 Å². The van der Waals surface area contributed by atoms with Gasteiger partial charge in [-0.3, -0.25) is 4.79 Å². The highest BCUT2D eigenvalue weighted by Gasteiger charge is 2.58. The average molecular weight is 386 g/mol. The maximum Gasteiger partial charge on any atom is 0.226 e. The van der Waals surface area contributed by atoms with E-state index < -0.39 is 0 Å². The number of fused-ring (bicyclic) bond motifs is 5. The van der Waals surface area contributed by atoms with E-state index in [-0.39, 0.29) is 0 Å². The van der Waals surface area contributed by atoms with E-state index in [4.69, 9.17) is 0 Å². The molecule has 4 aliphatic carbocycles. The van der Waals surface area contributed by atoms with Crippen LogP contribution in [0.15, 0.2) is 13.2 Å². The number of carbonyl (C=O) groups is 1. The summed E-state index contributed by atoms with van der Waals surface area (Å²) < 4.78 is 0. The van der Waals surface area contributed by atoms with Gasteiger partial charge in [0.15, 0.2) is 0 Å². The van der Waals surface area contributed by atoms with Crippen LogP contribution in [-0.4, -0.2) is 23.9 Å². The summed E-state index contributed by atoms with van der Waals surface area (Å²) in [5.74, 6) is 6.70. The number of nitrogens with zero attached hydrogens (tertiary/aromatic N) is 1. The second-order valence-electron chi connectivity index (χ2n) is 11.1. The maximum absolute atomic E-state index is 13.3. The molecular weight excluding hydrogens is 342 g/mol. The van der Waals surface area contributed by atoms with Crippen LogP contribution in [0.2, 0.25) is 0 Å². The third-order valence-electron chi connectivity index (χ3n) is 9.93.